The Kier molecular flexibility index (Phi) is 6.40. The van der Waals surface area contributed by atoms with Crippen LogP contribution in [0.3, 0.4) is 0 Å². The van der Waals surface area contributed by atoms with Gasteiger partial charge in [-0.1, -0.05) is 12.1 Å². The van der Waals surface area contributed by atoms with Gasteiger partial charge in [0.1, 0.15) is 17.4 Å². The fraction of sp³-hybridized carbons (Fsp3) is 0.143. The normalized spacial score (nSPS) is 10.6. The summed E-state index contributed by atoms with van der Waals surface area (Å²) in [6, 6.07) is 9.17. The molecule has 0 aliphatic rings. The number of anilines is 2. The third-order valence-electron chi connectivity index (χ3n) is 4.20. The van der Waals surface area contributed by atoms with Crippen LogP contribution < -0.4 is 9.64 Å². The summed E-state index contributed by atoms with van der Waals surface area (Å²) >= 11 is 4.25. The molecule has 0 radical (unpaired) electrons. The number of hydrogen-bond donors (Lipinski definition) is 0. The first-order valence-corrected chi connectivity index (χ1v) is 11.8. The van der Waals surface area contributed by atoms with Crippen molar-refractivity contribution in [3.05, 3.63) is 63.2 Å². The lowest BCUT2D eigenvalue weighted by Crippen LogP contribution is -2.23. The van der Waals surface area contributed by atoms with E-state index < -0.39 is 5.97 Å². The van der Waals surface area contributed by atoms with Crippen LogP contribution >= 0.6 is 34.0 Å². The van der Waals surface area contributed by atoms with Gasteiger partial charge in [-0.3, -0.25) is 9.69 Å². The number of ether oxygens (including phenoxy) is 2. The van der Waals surface area contributed by atoms with Gasteiger partial charge in [0, 0.05) is 28.6 Å². The predicted molar refractivity (Wildman–Crippen MR) is 122 cm³/mol. The van der Waals surface area contributed by atoms with E-state index in [4.69, 9.17) is 9.47 Å². The largest absolute Gasteiger partial charge is 0.495 e. The van der Waals surface area contributed by atoms with Crippen molar-refractivity contribution in [3.63, 3.8) is 0 Å². The maximum atomic E-state index is 12.4. The fourth-order valence-corrected chi connectivity index (χ4v) is 5.15. The molecule has 0 spiro atoms. The van der Waals surface area contributed by atoms with Gasteiger partial charge in [-0.2, -0.15) is 11.3 Å². The second-order valence-corrected chi connectivity index (χ2v) is 8.75. The van der Waals surface area contributed by atoms with Crippen LogP contribution in [-0.4, -0.2) is 29.0 Å². The number of carbonyl (C=O) groups excluding carboxylic acids is 2. The first-order chi connectivity index (χ1) is 15.1. The number of amides is 1. The standard InChI is InChI=1S/C21H17N3O4S3/c1-13(25)24(17-5-3-4-6-18(17)27-2)21-22-15(11-31-21)9-28-20(26)16-12-30-19(23-16)14-7-8-29-10-14/h3-8,10-12H,9H2,1-2H3. The number of carbonyl (C=O) groups is 2. The molecule has 0 aliphatic heterocycles. The third-order valence-corrected chi connectivity index (χ3v) is 6.65. The number of esters is 1. The summed E-state index contributed by atoms with van der Waals surface area (Å²) in [4.78, 5) is 35.0. The van der Waals surface area contributed by atoms with Gasteiger partial charge in [-0.05, 0) is 23.6 Å². The van der Waals surface area contributed by atoms with Crippen LogP contribution in [0.5, 0.6) is 5.75 Å². The molecule has 10 heteroatoms. The first kappa shape index (κ1) is 21.2. The Balaban J connectivity index is 1.46. The molecule has 1 amide bonds. The van der Waals surface area contributed by atoms with Gasteiger partial charge in [0.2, 0.25) is 5.91 Å². The van der Waals surface area contributed by atoms with Gasteiger partial charge in [0.15, 0.2) is 10.8 Å². The van der Waals surface area contributed by atoms with Crippen molar-refractivity contribution < 1.29 is 19.1 Å². The van der Waals surface area contributed by atoms with Gasteiger partial charge in [-0.15, -0.1) is 22.7 Å². The Morgan fingerprint density at radius 2 is 1.90 bits per heavy atom. The van der Waals surface area contributed by atoms with E-state index in [1.54, 1.807) is 41.3 Å². The Labute approximate surface area is 190 Å². The average molecular weight is 472 g/mol. The molecule has 1 aromatic carbocycles. The van der Waals surface area contributed by atoms with Crippen molar-refractivity contribution in [1.29, 1.82) is 0 Å². The smallest absolute Gasteiger partial charge is 0.358 e. The van der Waals surface area contributed by atoms with Crippen LogP contribution in [0.15, 0.2) is 51.9 Å². The zero-order valence-electron chi connectivity index (χ0n) is 16.6. The highest BCUT2D eigenvalue weighted by molar-refractivity contribution is 7.14. The summed E-state index contributed by atoms with van der Waals surface area (Å²) in [6.07, 6.45) is 0. The molecular formula is C21H17N3O4S3. The Hall–Kier alpha value is -3.08. The van der Waals surface area contributed by atoms with Crippen LogP contribution in [0.2, 0.25) is 0 Å². The van der Waals surface area contributed by atoms with E-state index in [2.05, 4.69) is 9.97 Å². The number of rotatable bonds is 7. The predicted octanol–water partition coefficient (Wildman–Crippen LogP) is 5.38. The molecule has 7 nitrogen and oxygen atoms in total. The molecule has 3 aromatic heterocycles. The van der Waals surface area contributed by atoms with Crippen molar-refractivity contribution in [2.24, 2.45) is 0 Å². The quantitative estimate of drug-likeness (QED) is 0.337. The molecule has 4 rings (SSSR count). The van der Waals surface area contributed by atoms with Crippen LogP contribution in [0.25, 0.3) is 10.6 Å². The topological polar surface area (TPSA) is 81.6 Å². The molecule has 3 heterocycles. The number of nitrogens with zero attached hydrogens (tertiary/aromatic N) is 3. The number of methoxy groups -OCH3 is 1. The first-order valence-electron chi connectivity index (χ1n) is 9.10. The van der Waals surface area contributed by atoms with Crippen molar-refractivity contribution in [3.8, 4) is 16.3 Å². The second-order valence-electron chi connectivity index (χ2n) is 6.27. The van der Waals surface area contributed by atoms with Crippen molar-refractivity contribution in [2.75, 3.05) is 12.0 Å². The molecule has 0 fully saturated rings. The molecule has 31 heavy (non-hydrogen) atoms. The maximum absolute atomic E-state index is 12.4. The monoisotopic (exact) mass is 471 g/mol. The molecule has 4 aromatic rings. The minimum Gasteiger partial charge on any atom is -0.495 e. The third kappa shape index (κ3) is 4.66. The molecular weight excluding hydrogens is 454 g/mol. The highest BCUT2D eigenvalue weighted by Gasteiger charge is 2.22. The van der Waals surface area contributed by atoms with Gasteiger partial charge >= 0.3 is 5.97 Å². The van der Waals surface area contributed by atoms with E-state index in [9.17, 15) is 9.59 Å². The van der Waals surface area contributed by atoms with Gasteiger partial charge in [0.05, 0.1) is 18.5 Å². The summed E-state index contributed by atoms with van der Waals surface area (Å²) in [5.74, 6) is -0.155. The van der Waals surface area contributed by atoms with Crippen LogP contribution in [0.4, 0.5) is 10.8 Å². The lowest BCUT2D eigenvalue weighted by atomic mass is 10.2. The minimum atomic E-state index is -0.513. The minimum absolute atomic E-state index is 0.0156. The molecule has 158 valence electrons. The molecule has 0 saturated heterocycles. The van der Waals surface area contributed by atoms with Gasteiger partial charge in [0.25, 0.3) is 0 Å². The summed E-state index contributed by atoms with van der Waals surface area (Å²) in [5, 5.41) is 8.62. The highest BCUT2D eigenvalue weighted by atomic mass is 32.1. The van der Waals surface area contributed by atoms with Gasteiger partial charge < -0.3 is 9.47 Å². The molecule has 0 bridgehead atoms. The summed E-state index contributed by atoms with van der Waals surface area (Å²) in [5.41, 5.74) is 2.39. The summed E-state index contributed by atoms with van der Waals surface area (Å²) in [6.45, 7) is 1.44. The number of hydrogen-bond acceptors (Lipinski definition) is 9. The van der Waals surface area contributed by atoms with Crippen molar-refractivity contribution >= 4 is 56.7 Å². The number of thiazole rings is 2. The van der Waals surface area contributed by atoms with Crippen LogP contribution in [-0.2, 0) is 16.1 Å². The molecule has 0 saturated carbocycles. The summed E-state index contributed by atoms with van der Waals surface area (Å²) in [7, 11) is 1.55. The fourth-order valence-electron chi connectivity index (χ4n) is 2.79. The Morgan fingerprint density at radius 1 is 1.06 bits per heavy atom. The number of aromatic nitrogens is 2. The SMILES string of the molecule is COc1ccccc1N(C(C)=O)c1nc(COC(=O)c2csc(-c3ccsc3)n2)cs1. The van der Waals surface area contributed by atoms with E-state index in [0.717, 1.165) is 10.6 Å². The Morgan fingerprint density at radius 3 is 2.65 bits per heavy atom. The van der Waals surface area contributed by atoms with E-state index in [-0.39, 0.29) is 18.2 Å². The van der Waals surface area contributed by atoms with Crippen LogP contribution in [0.1, 0.15) is 23.1 Å². The van der Waals surface area contributed by atoms with E-state index in [1.807, 2.05) is 29.0 Å². The van der Waals surface area contributed by atoms with Crippen LogP contribution in [0, 0.1) is 0 Å². The molecule has 0 N–H and O–H groups in total. The zero-order valence-corrected chi connectivity index (χ0v) is 19.1. The second kappa shape index (κ2) is 9.38. The molecule has 0 atom stereocenters. The number of para-hydroxylation sites is 2. The van der Waals surface area contributed by atoms with E-state index in [0.29, 0.717) is 22.3 Å². The highest BCUT2D eigenvalue weighted by Crippen LogP contribution is 2.35. The summed E-state index contributed by atoms with van der Waals surface area (Å²) < 4.78 is 10.7. The molecule has 0 aliphatic carbocycles. The van der Waals surface area contributed by atoms with Crippen molar-refractivity contribution in [1.82, 2.24) is 9.97 Å². The van der Waals surface area contributed by atoms with E-state index >= 15 is 0 Å². The Bertz CT molecular complexity index is 1200. The lowest BCUT2D eigenvalue weighted by molar-refractivity contribution is -0.115. The van der Waals surface area contributed by atoms with E-state index in [1.165, 1.54) is 34.5 Å². The molecule has 0 unspecified atom stereocenters. The lowest BCUT2D eigenvalue weighted by Gasteiger charge is -2.20. The maximum Gasteiger partial charge on any atom is 0.358 e. The van der Waals surface area contributed by atoms with Crippen molar-refractivity contribution in [2.45, 2.75) is 13.5 Å². The average Bonchev–Trinajstić information content (AvgIpc) is 3.54. The zero-order chi connectivity index (χ0) is 21.8. The number of benzene rings is 1. The number of thiophene rings is 1. The van der Waals surface area contributed by atoms with Gasteiger partial charge in [-0.25, -0.2) is 14.8 Å².